The van der Waals surface area contributed by atoms with Crippen LogP contribution >= 0.6 is 0 Å². The summed E-state index contributed by atoms with van der Waals surface area (Å²) in [6.07, 6.45) is -5.28. The van der Waals surface area contributed by atoms with E-state index in [1.165, 1.54) is 36.4 Å². The number of amides is 1. The molecular formula is C18H16F3NO5. The first kappa shape index (κ1) is 20.1. The Kier molecular flexibility index (Phi) is 5.94. The monoisotopic (exact) mass is 383 g/mol. The van der Waals surface area contributed by atoms with E-state index in [2.05, 4.69) is 10.1 Å². The van der Waals surface area contributed by atoms with E-state index in [4.69, 9.17) is 9.84 Å². The lowest BCUT2D eigenvalue weighted by Gasteiger charge is -2.17. The fraction of sp³-hybridized carbons (Fsp3) is 0.222. The van der Waals surface area contributed by atoms with Crippen molar-refractivity contribution in [2.75, 3.05) is 5.32 Å². The van der Waals surface area contributed by atoms with Crippen LogP contribution in [0.15, 0.2) is 42.5 Å². The number of carboxylic acid groups (broad SMARTS) is 1. The molecule has 0 heterocycles. The van der Waals surface area contributed by atoms with Crippen molar-refractivity contribution in [3.63, 3.8) is 0 Å². The lowest BCUT2D eigenvalue weighted by atomic mass is 10.1. The summed E-state index contributed by atoms with van der Waals surface area (Å²) in [7, 11) is 0. The Bertz CT molecular complexity index is 849. The molecule has 1 amide bonds. The van der Waals surface area contributed by atoms with Crippen LogP contribution in [0.4, 0.5) is 18.9 Å². The highest BCUT2D eigenvalue weighted by molar-refractivity contribution is 6.11. The van der Waals surface area contributed by atoms with Gasteiger partial charge < -0.3 is 19.9 Å². The average molecular weight is 383 g/mol. The normalized spacial score (nSPS) is 11.2. The number of carbonyl (C=O) groups is 2. The van der Waals surface area contributed by atoms with Gasteiger partial charge in [-0.25, -0.2) is 4.79 Å². The van der Waals surface area contributed by atoms with Crippen LogP contribution in [0.25, 0.3) is 0 Å². The summed E-state index contributed by atoms with van der Waals surface area (Å²) in [6.45, 7) is 3.39. The third kappa shape index (κ3) is 5.63. The van der Waals surface area contributed by atoms with Gasteiger partial charge in [0.05, 0.1) is 22.9 Å². The van der Waals surface area contributed by atoms with Crippen molar-refractivity contribution < 1.29 is 37.3 Å². The molecule has 0 radical (unpaired) electrons. The zero-order valence-electron chi connectivity index (χ0n) is 14.3. The maximum Gasteiger partial charge on any atom is 0.573 e. The summed E-state index contributed by atoms with van der Waals surface area (Å²) >= 11 is 0. The number of ether oxygens (including phenoxy) is 2. The Labute approximate surface area is 152 Å². The van der Waals surface area contributed by atoms with Crippen LogP contribution in [0.1, 0.15) is 34.6 Å². The van der Waals surface area contributed by atoms with Crippen LogP contribution in [0.5, 0.6) is 11.5 Å². The van der Waals surface area contributed by atoms with Crippen molar-refractivity contribution in [2.24, 2.45) is 0 Å². The Morgan fingerprint density at radius 2 is 1.70 bits per heavy atom. The second kappa shape index (κ2) is 7.98. The molecule has 0 aliphatic carbocycles. The summed E-state index contributed by atoms with van der Waals surface area (Å²) < 4.78 is 47.4. The molecule has 2 rings (SSSR count). The highest BCUT2D eigenvalue weighted by Gasteiger charge is 2.33. The summed E-state index contributed by atoms with van der Waals surface area (Å²) in [5, 5.41) is 11.4. The smallest absolute Gasteiger partial charge is 0.491 e. The van der Waals surface area contributed by atoms with Crippen LogP contribution in [0, 0.1) is 0 Å². The van der Waals surface area contributed by atoms with Gasteiger partial charge in [0.15, 0.2) is 5.75 Å². The van der Waals surface area contributed by atoms with E-state index < -0.39 is 24.0 Å². The predicted molar refractivity (Wildman–Crippen MR) is 90.2 cm³/mol. The van der Waals surface area contributed by atoms with Crippen LogP contribution in [0.2, 0.25) is 0 Å². The molecule has 2 N–H and O–H groups in total. The molecule has 2 aromatic carbocycles. The van der Waals surface area contributed by atoms with Gasteiger partial charge in [0.2, 0.25) is 0 Å². The number of halogens is 3. The standard InChI is InChI=1S/C18H16F3NO5/c1-10(2)26-11-7-8-14(15(9-11)27-18(19,20)21)22-16(23)12-5-3-4-6-13(12)17(24)25/h3-10H,1-2H3,(H,22,23)(H,24,25). The number of anilines is 1. The fourth-order valence-corrected chi connectivity index (χ4v) is 2.22. The topological polar surface area (TPSA) is 84.9 Å². The third-order valence-corrected chi connectivity index (χ3v) is 3.20. The average Bonchev–Trinajstić information content (AvgIpc) is 2.55. The first-order valence-corrected chi connectivity index (χ1v) is 7.77. The minimum atomic E-state index is -4.99. The van der Waals surface area contributed by atoms with Gasteiger partial charge in [-0.05, 0) is 38.1 Å². The molecule has 0 unspecified atom stereocenters. The number of aromatic carboxylic acids is 1. The molecular weight excluding hydrogens is 367 g/mol. The number of alkyl halides is 3. The van der Waals surface area contributed by atoms with Crippen molar-refractivity contribution in [1.82, 2.24) is 0 Å². The molecule has 0 fully saturated rings. The number of benzene rings is 2. The number of nitrogens with one attached hydrogen (secondary N) is 1. The molecule has 0 saturated carbocycles. The Morgan fingerprint density at radius 3 is 2.26 bits per heavy atom. The van der Waals surface area contributed by atoms with Gasteiger partial charge in [-0.3, -0.25) is 4.79 Å². The zero-order chi connectivity index (χ0) is 20.2. The zero-order valence-corrected chi connectivity index (χ0v) is 14.3. The minimum absolute atomic E-state index is 0.119. The van der Waals surface area contributed by atoms with Gasteiger partial charge in [0.1, 0.15) is 5.75 Å². The van der Waals surface area contributed by atoms with E-state index in [1.807, 2.05) is 0 Å². The van der Waals surface area contributed by atoms with Crippen LogP contribution in [0.3, 0.4) is 0 Å². The van der Waals surface area contributed by atoms with Gasteiger partial charge in [0.25, 0.3) is 5.91 Å². The molecule has 144 valence electrons. The Morgan fingerprint density at radius 1 is 1.07 bits per heavy atom. The van der Waals surface area contributed by atoms with Gasteiger partial charge in [-0.1, -0.05) is 12.1 Å². The largest absolute Gasteiger partial charge is 0.573 e. The maximum atomic E-state index is 12.7. The van der Waals surface area contributed by atoms with Gasteiger partial charge in [0, 0.05) is 6.07 Å². The molecule has 0 aromatic heterocycles. The van der Waals surface area contributed by atoms with Crippen molar-refractivity contribution in [1.29, 1.82) is 0 Å². The fourth-order valence-electron chi connectivity index (χ4n) is 2.22. The predicted octanol–water partition coefficient (Wildman–Crippen LogP) is 4.32. The molecule has 0 saturated heterocycles. The summed E-state index contributed by atoms with van der Waals surface area (Å²) in [5.74, 6) is -2.79. The van der Waals surface area contributed by atoms with Crippen molar-refractivity contribution in [2.45, 2.75) is 26.3 Å². The SMILES string of the molecule is CC(C)Oc1ccc(NC(=O)c2ccccc2C(=O)O)c(OC(F)(F)F)c1. The van der Waals surface area contributed by atoms with Crippen molar-refractivity contribution in [3.8, 4) is 11.5 Å². The van der Waals surface area contributed by atoms with E-state index >= 15 is 0 Å². The molecule has 27 heavy (non-hydrogen) atoms. The lowest BCUT2D eigenvalue weighted by molar-refractivity contribution is -0.274. The van der Waals surface area contributed by atoms with Crippen LogP contribution in [-0.2, 0) is 0 Å². The van der Waals surface area contributed by atoms with E-state index in [0.29, 0.717) is 0 Å². The quantitative estimate of drug-likeness (QED) is 0.776. The van der Waals surface area contributed by atoms with E-state index in [9.17, 15) is 22.8 Å². The van der Waals surface area contributed by atoms with Gasteiger partial charge in [-0.15, -0.1) is 13.2 Å². The Balaban J connectivity index is 2.37. The molecule has 0 aliphatic heterocycles. The minimum Gasteiger partial charge on any atom is -0.491 e. The molecule has 6 nitrogen and oxygen atoms in total. The molecule has 0 spiro atoms. The molecule has 0 atom stereocenters. The molecule has 9 heteroatoms. The number of rotatable bonds is 6. The number of carboxylic acids is 1. The third-order valence-electron chi connectivity index (χ3n) is 3.20. The highest BCUT2D eigenvalue weighted by Crippen LogP contribution is 2.34. The Hall–Kier alpha value is -3.23. The second-order valence-corrected chi connectivity index (χ2v) is 5.68. The van der Waals surface area contributed by atoms with Crippen LogP contribution < -0.4 is 14.8 Å². The maximum absolute atomic E-state index is 12.7. The van der Waals surface area contributed by atoms with Gasteiger partial charge >= 0.3 is 12.3 Å². The van der Waals surface area contributed by atoms with Gasteiger partial charge in [-0.2, -0.15) is 0 Å². The molecule has 2 aromatic rings. The number of hydrogen-bond donors (Lipinski definition) is 2. The van der Waals surface area contributed by atoms with E-state index in [1.54, 1.807) is 13.8 Å². The summed E-state index contributed by atoms with van der Waals surface area (Å²) in [6, 6.07) is 8.86. The number of carbonyl (C=O) groups excluding carboxylic acids is 1. The lowest BCUT2D eigenvalue weighted by Crippen LogP contribution is -2.21. The first-order chi connectivity index (χ1) is 12.6. The first-order valence-electron chi connectivity index (χ1n) is 7.77. The van der Waals surface area contributed by atoms with E-state index in [-0.39, 0.29) is 28.7 Å². The molecule has 0 aliphatic rings. The second-order valence-electron chi connectivity index (χ2n) is 5.68. The number of hydrogen-bond acceptors (Lipinski definition) is 4. The van der Waals surface area contributed by atoms with Crippen LogP contribution in [-0.4, -0.2) is 29.4 Å². The summed E-state index contributed by atoms with van der Waals surface area (Å²) in [4.78, 5) is 23.6. The summed E-state index contributed by atoms with van der Waals surface area (Å²) in [5.41, 5.74) is -0.771. The van der Waals surface area contributed by atoms with Crippen molar-refractivity contribution >= 4 is 17.6 Å². The molecule has 0 bridgehead atoms. The van der Waals surface area contributed by atoms with E-state index in [0.717, 1.165) is 6.07 Å². The van der Waals surface area contributed by atoms with Crippen molar-refractivity contribution in [3.05, 3.63) is 53.6 Å². The highest BCUT2D eigenvalue weighted by atomic mass is 19.4.